The van der Waals surface area contributed by atoms with Gasteiger partial charge in [0, 0.05) is 23.3 Å². The summed E-state index contributed by atoms with van der Waals surface area (Å²) in [5.41, 5.74) is 5.94. The highest BCUT2D eigenvalue weighted by atomic mass is 14.9. The van der Waals surface area contributed by atoms with Crippen LogP contribution in [0.3, 0.4) is 0 Å². The second kappa shape index (κ2) is 4.12. The van der Waals surface area contributed by atoms with E-state index in [1.165, 1.54) is 22.2 Å². The SMILES string of the molecule is CCNc1c(C)c(C)nc2c(C)cccc12. The average molecular weight is 214 g/mol. The number of hydrogen-bond donors (Lipinski definition) is 1. The van der Waals surface area contributed by atoms with Crippen molar-refractivity contribution in [2.75, 3.05) is 11.9 Å². The molecule has 2 aromatic rings. The zero-order valence-corrected chi connectivity index (χ0v) is 10.4. The van der Waals surface area contributed by atoms with E-state index >= 15 is 0 Å². The number of anilines is 1. The number of hydrogen-bond acceptors (Lipinski definition) is 2. The van der Waals surface area contributed by atoms with Crippen LogP contribution in [0.2, 0.25) is 0 Å². The van der Waals surface area contributed by atoms with Gasteiger partial charge in [0.05, 0.1) is 5.52 Å². The van der Waals surface area contributed by atoms with Gasteiger partial charge in [-0.3, -0.25) is 4.98 Å². The molecule has 0 saturated carbocycles. The Labute approximate surface area is 96.7 Å². The van der Waals surface area contributed by atoms with Crippen molar-refractivity contribution in [1.29, 1.82) is 0 Å². The van der Waals surface area contributed by atoms with E-state index in [4.69, 9.17) is 0 Å². The maximum Gasteiger partial charge on any atom is 0.0755 e. The summed E-state index contributed by atoms with van der Waals surface area (Å²) in [4.78, 5) is 4.68. The van der Waals surface area contributed by atoms with E-state index in [9.17, 15) is 0 Å². The Bertz CT molecular complexity index is 530. The Morgan fingerprint density at radius 3 is 2.62 bits per heavy atom. The number of para-hydroxylation sites is 1. The third-order valence-corrected chi connectivity index (χ3v) is 3.06. The van der Waals surface area contributed by atoms with Crippen LogP contribution in [0.15, 0.2) is 18.2 Å². The largest absolute Gasteiger partial charge is 0.385 e. The van der Waals surface area contributed by atoms with Gasteiger partial charge in [0.2, 0.25) is 0 Å². The van der Waals surface area contributed by atoms with Crippen molar-refractivity contribution in [3.05, 3.63) is 35.0 Å². The summed E-state index contributed by atoms with van der Waals surface area (Å²) in [6, 6.07) is 6.34. The highest BCUT2D eigenvalue weighted by Crippen LogP contribution is 2.29. The van der Waals surface area contributed by atoms with E-state index in [2.05, 4.69) is 56.2 Å². The van der Waals surface area contributed by atoms with E-state index in [-0.39, 0.29) is 0 Å². The summed E-state index contributed by atoms with van der Waals surface area (Å²) in [7, 11) is 0. The summed E-state index contributed by atoms with van der Waals surface area (Å²) < 4.78 is 0. The van der Waals surface area contributed by atoms with Crippen LogP contribution in [0.25, 0.3) is 10.9 Å². The third-order valence-electron chi connectivity index (χ3n) is 3.06. The van der Waals surface area contributed by atoms with Crippen LogP contribution >= 0.6 is 0 Å². The lowest BCUT2D eigenvalue weighted by atomic mass is 10.0. The van der Waals surface area contributed by atoms with Crippen LogP contribution in [0.5, 0.6) is 0 Å². The topological polar surface area (TPSA) is 24.9 Å². The quantitative estimate of drug-likeness (QED) is 0.826. The fourth-order valence-corrected chi connectivity index (χ4v) is 2.05. The van der Waals surface area contributed by atoms with Gasteiger partial charge in [-0.2, -0.15) is 0 Å². The van der Waals surface area contributed by atoms with Crippen LogP contribution in [0.1, 0.15) is 23.7 Å². The van der Waals surface area contributed by atoms with Gasteiger partial charge < -0.3 is 5.32 Å². The van der Waals surface area contributed by atoms with E-state index < -0.39 is 0 Å². The number of pyridine rings is 1. The molecule has 0 aliphatic carbocycles. The van der Waals surface area contributed by atoms with E-state index in [1.54, 1.807) is 0 Å². The molecule has 1 N–H and O–H groups in total. The first-order chi connectivity index (χ1) is 7.65. The number of nitrogens with zero attached hydrogens (tertiary/aromatic N) is 1. The molecule has 1 heterocycles. The molecule has 1 aromatic heterocycles. The Balaban J connectivity index is 2.83. The molecule has 0 bridgehead atoms. The van der Waals surface area contributed by atoms with E-state index in [0.717, 1.165) is 17.8 Å². The highest BCUT2D eigenvalue weighted by Gasteiger charge is 2.09. The van der Waals surface area contributed by atoms with Gasteiger partial charge in [0.1, 0.15) is 0 Å². The molecule has 2 heteroatoms. The molecule has 1 aromatic carbocycles. The van der Waals surface area contributed by atoms with Crippen molar-refractivity contribution >= 4 is 16.6 Å². The van der Waals surface area contributed by atoms with Crippen molar-refractivity contribution in [2.24, 2.45) is 0 Å². The normalized spacial score (nSPS) is 10.8. The zero-order chi connectivity index (χ0) is 11.7. The fourth-order valence-electron chi connectivity index (χ4n) is 2.05. The van der Waals surface area contributed by atoms with Gasteiger partial charge in [-0.1, -0.05) is 18.2 Å². The minimum absolute atomic E-state index is 0.938. The van der Waals surface area contributed by atoms with Gasteiger partial charge in [0.25, 0.3) is 0 Å². The lowest BCUT2D eigenvalue weighted by Crippen LogP contribution is -2.03. The van der Waals surface area contributed by atoms with Crippen LogP contribution in [-0.4, -0.2) is 11.5 Å². The van der Waals surface area contributed by atoms with Crippen LogP contribution in [0.4, 0.5) is 5.69 Å². The van der Waals surface area contributed by atoms with E-state index in [1.807, 2.05) is 0 Å². The predicted molar refractivity (Wildman–Crippen MR) is 70.1 cm³/mol. The first-order valence-corrected chi connectivity index (χ1v) is 5.75. The maximum absolute atomic E-state index is 4.68. The van der Waals surface area contributed by atoms with Gasteiger partial charge in [0.15, 0.2) is 0 Å². The summed E-state index contributed by atoms with van der Waals surface area (Å²) in [5, 5.41) is 4.67. The standard InChI is InChI=1S/C14H18N2/c1-5-15-14-10(3)11(4)16-13-9(2)7-6-8-12(13)14/h6-8H,5H2,1-4H3,(H,15,16). The molecule has 2 nitrogen and oxygen atoms in total. The first kappa shape index (κ1) is 10.9. The minimum atomic E-state index is 0.938. The molecule has 0 unspecified atom stereocenters. The number of benzene rings is 1. The molecule has 84 valence electrons. The van der Waals surface area contributed by atoms with Crippen molar-refractivity contribution in [3.63, 3.8) is 0 Å². The highest BCUT2D eigenvalue weighted by molar-refractivity contribution is 5.95. The monoisotopic (exact) mass is 214 g/mol. The molecule has 0 saturated heterocycles. The van der Waals surface area contributed by atoms with E-state index in [0.29, 0.717) is 0 Å². The summed E-state index contributed by atoms with van der Waals surface area (Å²) in [6.07, 6.45) is 0. The third kappa shape index (κ3) is 1.64. The zero-order valence-electron chi connectivity index (χ0n) is 10.4. The maximum atomic E-state index is 4.68. The van der Waals surface area contributed by atoms with Gasteiger partial charge in [-0.05, 0) is 38.8 Å². The van der Waals surface area contributed by atoms with Crippen molar-refractivity contribution < 1.29 is 0 Å². The van der Waals surface area contributed by atoms with Crippen LogP contribution < -0.4 is 5.32 Å². The molecule has 2 rings (SSSR count). The lowest BCUT2D eigenvalue weighted by Gasteiger charge is -2.14. The molecule has 0 aliphatic heterocycles. The molecule has 0 atom stereocenters. The van der Waals surface area contributed by atoms with Crippen molar-refractivity contribution in [3.8, 4) is 0 Å². The molecule has 0 fully saturated rings. The van der Waals surface area contributed by atoms with Crippen molar-refractivity contribution in [1.82, 2.24) is 4.98 Å². The molecule has 0 amide bonds. The molecule has 0 aliphatic rings. The summed E-state index contributed by atoms with van der Waals surface area (Å²) in [6.45, 7) is 9.37. The number of aryl methyl sites for hydroxylation is 2. The Morgan fingerprint density at radius 1 is 1.19 bits per heavy atom. The van der Waals surface area contributed by atoms with Gasteiger partial charge in [-0.25, -0.2) is 0 Å². The second-order valence-electron chi connectivity index (χ2n) is 4.20. The number of aromatic nitrogens is 1. The summed E-state index contributed by atoms with van der Waals surface area (Å²) in [5.74, 6) is 0. The Hall–Kier alpha value is -1.57. The number of rotatable bonds is 2. The number of nitrogens with one attached hydrogen (secondary N) is 1. The molecule has 0 spiro atoms. The molecular formula is C14H18N2. The Morgan fingerprint density at radius 2 is 1.94 bits per heavy atom. The van der Waals surface area contributed by atoms with Crippen LogP contribution in [-0.2, 0) is 0 Å². The predicted octanol–water partition coefficient (Wildman–Crippen LogP) is 3.59. The molecular weight excluding hydrogens is 196 g/mol. The van der Waals surface area contributed by atoms with Crippen LogP contribution in [0, 0.1) is 20.8 Å². The average Bonchev–Trinajstić information content (AvgIpc) is 2.26. The fraction of sp³-hybridized carbons (Fsp3) is 0.357. The second-order valence-corrected chi connectivity index (χ2v) is 4.20. The first-order valence-electron chi connectivity index (χ1n) is 5.75. The lowest BCUT2D eigenvalue weighted by molar-refractivity contribution is 1.15. The smallest absolute Gasteiger partial charge is 0.0755 e. The van der Waals surface area contributed by atoms with Crippen molar-refractivity contribution in [2.45, 2.75) is 27.7 Å². The van der Waals surface area contributed by atoms with Gasteiger partial charge in [-0.15, -0.1) is 0 Å². The number of fused-ring (bicyclic) bond motifs is 1. The summed E-state index contributed by atoms with van der Waals surface area (Å²) >= 11 is 0. The minimum Gasteiger partial charge on any atom is -0.385 e. The Kier molecular flexibility index (Phi) is 2.82. The van der Waals surface area contributed by atoms with Gasteiger partial charge >= 0.3 is 0 Å². The molecule has 16 heavy (non-hydrogen) atoms. The molecule has 0 radical (unpaired) electrons.